The largest absolute Gasteiger partial charge is 0.478 e. The Morgan fingerprint density at radius 2 is 2.20 bits per heavy atom. The lowest BCUT2D eigenvalue weighted by Gasteiger charge is -2.32. The molecule has 0 aliphatic carbocycles. The van der Waals surface area contributed by atoms with Crippen LogP contribution in [-0.4, -0.2) is 46.4 Å². The van der Waals surface area contributed by atoms with Crippen molar-refractivity contribution in [2.24, 2.45) is 5.92 Å². The predicted octanol–water partition coefficient (Wildman–Crippen LogP) is 1.99. The third-order valence-electron chi connectivity index (χ3n) is 4.58. The highest BCUT2D eigenvalue weighted by atomic mass is 32.2. The maximum absolute atomic E-state index is 12.9. The molecule has 1 aliphatic rings. The van der Waals surface area contributed by atoms with E-state index in [1.54, 1.807) is 6.20 Å². The number of rotatable bonds is 5. The van der Waals surface area contributed by atoms with Crippen molar-refractivity contribution in [1.82, 2.24) is 13.9 Å². The fraction of sp³-hybridized carbons (Fsp3) is 0.412. The van der Waals surface area contributed by atoms with Gasteiger partial charge in [0.2, 0.25) is 10.0 Å². The van der Waals surface area contributed by atoms with Gasteiger partial charge in [-0.2, -0.15) is 4.31 Å². The summed E-state index contributed by atoms with van der Waals surface area (Å²) in [5.41, 5.74) is -0.0244. The van der Waals surface area contributed by atoms with E-state index in [1.165, 1.54) is 28.6 Å². The van der Waals surface area contributed by atoms with Crippen LogP contribution >= 0.6 is 0 Å². The highest BCUT2D eigenvalue weighted by Crippen LogP contribution is 2.25. The van der Waals surface area contributed by atoms with E-state index in [1.807, 2.05) is 17.7 Å². The van der Waals surface area contributed by atoms with Gasteiger partial charge in [-0.25, -0.2) is 18.2 Å². The van der Waals surface area contributed by atoms with Gasteiger partial charge in [-0.05, 0) is 43.9 Å². The number of carboxylic acid groups (broad SMARTS) is 1. The molecule has 0 amide bonds. The molecule has 1 aliphatic heterocycles. The van der Waals surface area contributed by atoms with Crippen molar-refractivity contribution >= 4 is 16.0 Å². The summed E-state index contributed by atoms with van der Waals surface area (Å²) in [5, 5.41) is 9.08. The molecule has 134 valence electrons. The van der Waals surface area contributed by atoms with Gasteiger partial charge < -0.3 is 9.67 Å². The lowest BCUT2D eigenvalue weighted by Crippen LogP contribution is -2.41. The van der Waals surface area contributed by atoms with Crippen LogP contribution < -0.4 is 0 Å². The molecule has 7 nitrogen and oxygen atoms in total. The average Bonchev–Trinajstić information content (AvgIpc) is 3.00. The van der Waals surface area contributed by atoms with Crippen molar-refractivity contribution in [2.45, 2.75) is 31.2 Å². The molecule has 8 heteroatoms. The summed E-state index contributed by atoms with van der Waals surface area (Å²) in [6, 6.07) is 5.53. The molecule has 0 spiro atoms. The molecule has 1 N–H and O–H groups in total. The van der Waals surface area contributed by atoms with E-state index >= 15 is 0 Å². The number of imidazole rings is 1. The van der Waals surface area contributed by atoms with Crippen LogP contribution in [0.25, 0.3) is 0 Å². The predicted molar refractivity (Wildman–Crippen MR) is 91.8 cm³/mol. The Morgan fingerprint density at radius 3 is 2.88 bits per heavy atom. The Balaban J connectivity index is 1.79. The summed E-state index contributed by atoms with van der Waals surface area (Å²) in [4.78, 5) is 15.3. The standard InChI is InChI=1S/C17H21N3O4S/c1-13-18-7-9-19(13)11-14-4-3-8-20(12-14)25(23,24)16-6-2-5-15(10-16)17(21)22/h2,5-7,9-10,14H,3-4,8,11-12H2,1H3,(H,21,22)/t14-/m0/s1. The zero-order valence-corrected chi connectivity index (χ0v) is 14.8. The molecule has 25 heavy (non-hydrogen) atoms. The smallest absolute Gasteiger partial charge is 0.335 e. The van der Waals surface area contributed by atoms with Crippen molar-refractivity contribution in [3.63, 3.8) is 0 Å². The molecule has 0 saturated carbocycles. The fourth-order valence-corrected chi connectivity index (χ4v) is 4.81. The SMILES string of the molecule is Cc1nccn1C[C@@H]1CCCN(S(=O)(=O)c2cccc(C(=O)O)c2)C1. The molecule has 3 rings (SSSR count). The first-order valence-electron chi connectivity index (χ1n) is 8.19. The lowest BCUT2D eigenvalue weighted by atomic mass is 10.00. The first-order valence-corrected chi connectivity index (χ1v) is 9.63. The van der Waals surface area contributed by atoms with E-state index in [-0.39, 0.29) is 16.4 Å². The lowest BCUT2D eigenvalue weighted by molar-refractivity contribution is 0.0696. The molecule has 1 atom stereocenters. The van der Waals surface area contributed by atoms with Gasteiger partial charge in [0.1, 0.15) is 5.82 Å². The third kappa shape index (κ3) is 3.74. The van der Waals surface area contributed by atoms with Crippen molar-refractivity contribution in [1.29, 1.82) is 0 Å². The number of hydrogen-bond donors (Lipinski definition) is 1. The van der Waals surface area contributed by atoms with Crippen molar-refractivity contribution < 1.29 is 18.3 Å². The quantitative estimate of drug-likeness (QED) is 0.877. The Bertz CT molecular complexity index is 876. The molecular weight excluding hydrogens is 342 g/mol. The average molecular weight is 363 g/mol. The van der Waals surface area contributed by atoms with Gasteiger partial charge in [0.25, 0.3) is 0 Å². The number of aryl methyl sites for hydroxylation is 1. The van der Waals surface area contributed by atoms with Gasteiger partial charge in [0.05, 0.1) is 10.5 Å². The second-order valence-corrected chi connectivity index (χ2v) is 8.27. The number of carbonyl (C=O) groups is 1. The van der Waals surface area contributed by atoms with Crippen LogP contribution in [0.1, 0.15) is 29.0 Å². The number of aromatic nitrogens is 2. The zero-order chi connectivity index (χ0) is 18.0. The maximum atomic E-state index is 12.9. The van der Waals surface area contributed by atoms with Crippen LogP contribution in [0.4, 0.5) is 0 Å². The number of hydrogen-bond acceptors (Lipinski definition) is 4. The number of aromatic carboxylic acids is 1. The van der Waals surface area contributed by atoms with E-state index in [0.717, 1.165) is 25.2 Å². The Hall–Kier alpha value is -2.19. The second kappa shape index (κ2) is 6.97. The summed E-state index contributed by atoms with van der Waals surface area (Å²) in [6.07, 6.45) is 5.39. The van der Waals surface area contributed by atoms with Crippen LogP contribution in [0.3, 0.4) is 0 Å². The second-order valence-electron chi connectivity index (χ2n) is 6.33. The van der Waals surface area contributed by atoms with Gasteiger partial charge in [0, 0.05) is 32.0 Å². The molecular formula is C17H21N3O4S. The topological polar surface area (TPSA) is 92.5 Å². The van der Waals surface area contributed by atoms with Gasteiger partial charge in [-0.1, -0.05) is 6.07 Å². The van der Waals surface area contributed by atoms with Gasteiger partial charge in [0.15, 0.2) is 0 Å². The molecule has 1 fully saturated rings. The highest BCUT2D eigenvalue weighted by molar-refractivity contribution is 7.89. The van der Waals surface area contributed by atoms with Crippen molar-refractivity contribution in [3.8, 4) is 0 Å². The number of nitrogens with zero attached hydrogens (tertiary/aromatic N) is 3. The minimum absolute atomic E-state index is 0.0244. The molecule has 0 bridgehead atoms. The summed E-state index contributed by atoms with van der Waals surface area (Å²) in [5.74, 6) is -0.0163. The van der Waals surface area contributed by atoms with Crippen LogP contribution in [0.5, 0.6) is 0 Å². The monoisotopic (exact) mass is 363 g/mol. The van der Waals surface area contributed by atoms with E-state index in [9.17, 15) is 13.2 Å². The molecule has 1 saturated heterocycles. The molecule has 2 aromatic rings. The first-order chi connectivity index (χ1) is 11.9. The highest BCUT2D eigenvalue weighted by Gasteiger charge is 2.30. The van der Waals surface area contributed by atoms with E-state index in [2.05, 4.69) is 4.98 Å². The Labute approximate surface area is 147 Å². The number of sulfonamides is 1. The molecule has 0 radical (unpaired) electrons. The summed E-state index contributed by atoms with van der Waals surface area (Å²) in [6.45, 7) is 3.54. The molecule has 0 unspecified atom stereocenters. The Morgan fingerprint density at radius 1 is 1.40 bits per heavy atom. The maximum Gasteiger partial charge on any atom is 0.335 e. The Kier molecular flexibility index (Phi) is 4.91. The van der Waals surface area contributed by atoms with E-state index in [4.69, 9.17) is 5.11 Å². The third-order valence-corrected chi connectivity index (χ3v) is 6.44. The molecule has 2 heterocycles. The minimum atomic E-state index is -3.69. The molecule has 1 aromatic heterocycles. The van der Waals surface area contributed by atoms with Crippen LogP contribution in [0, 0.1) is 12.8 Å². The fourth-order valence-electron chi connectivity index (χ4n) is 3.21. The van der Waals surface area contributed by atoms with Crippen molar-refractivity contribution in [2.75, 3.05) is 13.1 Å². The first kappa shape index (κ1) is 17.6. The number of benzene rings is 1. The van der Waals surface area contributed by atoms with Crippen LogP contribution in [0.15, 0.2) is 41.6 Å². The molecule has 1 aromatic carbocycles. The summed E-state index contributed by atoms with van der Waals surface area (Å²) >= 11 is 0. The van der Waals surface area contributed by atoms with Crippen molar-refractivity contribution in [3.05, 3.63) is 48.0 Å². The van der Waals surface area contributed by atoms with Gasteiger partial charge >= 0.3 is 5.97 Å². The van der Waals surface area contributed by atoms with Crippen LogP contribution in [-0.2, 0) is 16.6 Å². The van der Waals surface area contributed by atoms with Gasteiger partial charge in [-0.15, -0.1) is 0 Å². The number of carboxylic acids is 1. The van der Waals surface area contributed by atoms with Crippen LogP contribution in [0.2, 0.25) is 0 Å². The minimum Gasteiger partial charge on any atom is -0.478 e. The number of piperidine rings is 1. The summed E-state index contributed by atoms with van der Waals surface area (Å²) in [7, 11) is -3.69. The zero-order valence-electron chi connectivity index (χ0n) is 14.0. The van der Waals surface area contributed by atoms with E-state index < -0.39 is 16.0 Å². The summed E-state index contributed by atoms with van der Waals surface area (Å²) < 4.78 is 29.3. The normalized spacial score (nSPS) is 19.0. The van der Waals surface area contributed by atoms with E-state index in [0.29, 0.717) is 13.1 Å². The van der Waals surface area contributed by atoms with Gasteiger partial charge in [-0.3, -0.25) is 0 Å².